The van der Waals surface area contributed by atoms with E-state index in [1.165, 1.54) is 33.5 Å². The van der Waals surface area contributed by atoms with Crippen molar-refractivity contribution in [2.45, 2.75) is 23.8 Å². The van der Waals surface area contributed by atoms with Gasteiger partial charge in [-0.3, -0.25) is 4.79 Å². The zero-order valence-corrected chi connectivity index (χ0v) is 14.4. The van der Waals surface area contributed by atoms with Crippen molar-refractivity contribution in [2.24, 2.45) is 0 Å². The van der Waals surface area contributed by atoms with Gasteiger partial charge in [-0.2, -0.15) is 4.31 Å². The van der Waals surface area contributed by atoms with Gasteiger partial charge in [0.25, 0.3) is 5.91 Å². The van der Waals surface area contributed by atoms with E-state index in [1.807, 2.05) is 0 Å². The summed E-state index contributed by atoms with van der Waals surface area (Å²) in [6, 6.07) is 4.84. The number of hydrogen-bond acceptors (Lipinski definition) is 5. The van der Waals surface area contributed by atoms with Gasteiger partial charge in [-0.15, -0.1) is 0 Å². The lowest BCUT2D eigenvalue weighted by Crippen LogP contribution is -2.41. The van der Waals surface area contributed by atoms with E-state index in [4.69, 9.17) is 4.74 Å². The van der Waals surface area contributed by atoms with E-state index >= 15 is 0 Å². The van der Waals surface area contributed by atoms with Crippen molar-refractivity contribution in [3.8, 4) is 0 Å². The number of carbonyl (C=O) groups excluding carboxylic acids is 1. The second kappa shape index (κ2) is 7.11. The highest BCUT2D eigenvalue weighted by atomic mass is 32.2. The summed E-state index contributed by atoms with van der Waals surface area (Å²) in [5, 5.41) is 9.19. The Morgan fingerprint density at radius 2 is 1.72 bits per heavy atom. The molecule has 0 aromatic heterocycles. The second-order valence-corrected chi connectivity index (χ2v) is 7.97. The summed E-state index contributed by atoms with van der Waals surface area (Å²) in [5.41, 5.74) is 0.286. The molecule has 0 unspecified atom stereocenters. The minimum Gasteiger partial charge on any atom is -0.480 e. The van der Waals surface area contributed by atoms with Crippen molar-refractivity contribution in [2.75, 3.05) is 32.8 Å². The fourth-order valence-corrected chi connectivity index (χ4v) is 4.55. The molecular weight excluding hydrogens is 348 g/mol. The molecule has 9 heteroatoms. The first kappa shape index (κ1) is 17.8. The number of morpholine rings is 1. The number of rotatable bonds is 4. The quantitative estimate of drug-likeness (QED) is 0.825. The fraction of sp³-hybridized carbons (Fsp3) is 0.500. The monoisotopic (exact) mass is 368 g/mol. The Morgan fingerprint density at radius 3 is 2.32 bits per heavy atom. The topological polar surface area (TPSA) is 104 Å². The molecule has 1 amide bonds. The van der Waals surface area contributed by atoms with Crippen molar-refractivity contribution >= 4 is 21.9 Å². The van der Waals surface area contributed by atoms with E-state index in [-0.39, 0.29) is 16.4 Å². The molecule has 0 saturated carbocycles. The molecule has 1 atom stereocenters. The molecular formula is C16H20N2O6S. The number of sulfonamides is 1. The first-order valence-electron chi connectivity index (χ1n) is 8.13. The molecule has 136 valence electrons. The number of carboxylic acids is 1. The van der Waals surface area contributed by atoms with Gasteiger partial charge in [-0.05, 0) is 37.1 Å². The average molecular weight is 368 g/mol. The normalized spacial score (nSPS) is 22.1. The highest BCUT2D eigenvalue weighted by molar-refractivity contribution is 7.89. The van der Waals surface area contributed by atoms with E-state index in [9.17, 15) is 23.1 Å². The number of benzene rings is 1. The summed E-state index contributed by atoms with van der Waals surface area (Å²) < 4.78 is 31.6. The molecule has 1 aromatic carbocycles. The van der Waals surface area contributed by atoms with Crippen molar-refractivity contribution < 1.29 is 27.9 Å². The molecule has 0 radical (unpaired) electrons. The first-order valence-corrected chi connectivity index (χ1v) is 9.57. The van der Waals surface area contributed by atoms with Gasteiger partial charge in [0.15, 0.2) is 0 Å². The highest BCUT2D eigenvalue weighted by Crippen LogP contribution is 2.22. The van der Waals surface area contributed by atoms with E-state index in [0.717, 1.165) is 0 Å². The Morgan fingerprint density at radius 1 is 1.08 bits per heavy atom. The smallest absolute Gasteiger partial charge is 0.326 e. The Bertz CT molecular complexity index is 755. The van der Waals surface area contributed by atoms with Crippen molar-refractivity contribution in [3.05, 3.63) is 29.8 Å². The van der Waals surface area contributed by atoms with Crippen LogP contribution in [0.2, 0.25) is 0 Å². The number of carbonyl (C=O) groups is 2. The number of carboxylic acid groups (broad SMARTS) is 1. The van der Waals surface area contributed by atoms with Gasteiger partial charge in [0.1, 0.15) is 6.04 Å². The minimum atomic E-state index is -3.61. The van der Waals surface area contributed by atoms with Crippen LogP contribution in [-0.4, -0.2) is 73.5 Å². The third kappa shape index (κ3) is 3.53. The van der Waals surface area contributed by atoms with E-state index in [1.54, 1.807) is 0 Å². The number of hydrogen-bond donors (Lipinski definition) is 1. The zero-order chi connectivity index (χ0) is 18.0. The summed E-state index contributed by atoms with van der Waals surface area (Å²) in [6.45, 7) is 1.72. The maximum atomic E-state index is 12.6. The number of likely N-dealkylation sites (tertiary alicyclic amines) is 1. The highest BCUT2D eigenvalue weighted by Gasteiger charge is 2.34. The molecule has 3 rings (SSSR count). The van der Waals surface area contributed by atoms with Gasteiger partial charge in [0, 0.05) is 25.2 Å². The Labute approximate surface area is 146 Å². The van der Waals surface area contributed by atoms with E-state index < -0.39 is 22.0 Å². The summed E-state index contributed by atoms with van der Waals surface area (Å²) in [4.78, 5) is 25.2. The molecule has 2 fully saturated rings. The Kier molecular flexibility index (Phi) is 5.07. The molecule has 0 aliphatic carbocycles. The van der Waals surface area contributed by atoms with Gasteiger partial charge in [-0.1, -0.05) is 0 Å². The second-order valence-electron chi connectivity index (χ2n) is 6.04. The van der Waals surface area contributed by atoms with Crippen molar-refractivity contribution in [1.82, 2.24) is 9.21 Å². The van der Waals surface area contributed by atoms with Crippen molar-refractivity contribution in [1.29, 1.82) is 0 Å². The third-order valence-corrected chi connectivity index (χ3v) is 6.42. The lowest BCUT2D eigenvalue weighted by atomic mass is 10.1. The van der Waals surface area contributed by atoms with Crippen LogP contribution in [0.25, 0.3) is 0 Å². The van der Waals surface area contributed by atoms with Gasteiger partial charge in [0.05, 0.1) is 18.1 Å². The molecule has 2 aliphatic rings. The number of nitrogens with zero attached hydrogens (tertiary/aromatic N) is 2. The van der Waals surface area contributed by atoms with Crippen LogP contribution in [0.4, 0.5) is 0 Å². The summed E-state index contributed by atoms with van der Waals surface area (Å²) in [7, 11) is -3.61. The maximum absolute atomic E-state index is 12.6. The van der Waals surface area contributed by atoms with E-state index in [0.29, 0.717) is 45.7 Å². The minimum absolute atomic E-state index is 0.113. The lowest BCUT2D eigenvalue weighted by Gasteiger charge is -2.26. The molecule has 25 heavy (non-hydrogen) atoms. The third-order valence-electron chi connectivity index (χ3n) is 4.51. The van der Waals surface area contributed by atoms with Crippen molar-refractivity contribution in [3.63, 3.8) is 0 Å². The van der Waals surface area contributed by atoms with Crippen LogP contribution in [0.15, 0.2) is 29.2 Å². The largest absolute Gasteiger partial charge is 0.480 e. The molecule has 2 aliphatic heterocycles. The molecule has 0 spiro atoms. The van der Waals surface area contributed by atoms with Crippen LogP contribution in [0.3, 0.4) is 0 Å². The van der Waals surface area contributed by atoms with Gasteiger partial charge in [-0.25, -0.2) is 13.2 Å². The standard InChI is InChI=1S/C16H20N2O6S/c19-15(18-7-1-2-14(18)16(20)21)12-3-5-13(6-4-12)25(22,23)17-8-10-24-11-9-17/h3-6,14H,1-2,7-11H2,(H,20,21)/t14-/m1/s1. The maximum Gasteiger partial charge on any atom is 0.326 e. The lowest BCUT2D eigenvalue weighted by molar-refractivity contribution is -0.141. The predicted molar refractivity (Wildman–Crippen MR) is 87.7 cm³/mol. The molecule has 8 nitrogen and oxygen atoms in total. The number of aliphatic carboxylic acids is 1. The van der Waals surface area contributed by atoms with Gasteiger partial charge >= 0.3 is 5.97 Å². The first-order chi connectivity index (χ1) is 11.9. The van der Waals surface area contributed by atoms with Crippen LogP contribution < -0.4 is 0 Å². The predicted octanol–water partition coefficient (Wildman–Crippen LogP) is 0.397. The average Bonchev–Trinajstić information content (AvgIpc) is 3.12. The van der Waals surface area contributed by atoms with E-state index in [2.05, 4.69) is 0 Å². The van der Waals surface area contributed by atoms with Gasteiger partial charge in [0.2, 0.25) is 10.0 Å². The molecule has 1 aromatic rings. The van der Waals surface area contributed by atoms with Crippen LogP contribution >= 0.6 is 0 Å². The fourth-order valence-electron chi connectivity index (χ4n) is 3.14. The summed E-state index contributed by atoms with van der Waals surface area (Å²) in [6.07, 6.45) is 1.08. The molecule has 0 bridgehead atoms. The molecule has 2 heterocycles. The summed E-state index contributed by atoms with van der Waals surface area (Å²) >= 11 is 0. The number of ether oxygens (including phenoxy) is 1. The van der Waals surface area contributed by atoms with Crippen LogP contribution in [-0.2, 0) is 19.6 Å². The van der Waals surface area contributed by atoms with Crippen LogP contribution in [0, 0.1) is 0 Å². The van der Waals surface area contributed by atoms with Crippen LogP contribution in [0.5, 0.6) is 0 Å². The molecule has 1 N–H and O–H groups in total. The SMILES string of the molecule is O=C(O)[C@H]1CCCN1C(=O)c1ccc(S(=O)(=O)N2CCOCC2)cc1. The van der Waals surface area contributed by atoms with Crippen LogP contribution in [0.1, 0.15) is 23.2 Å². The summed E-state index contributed by atoms with van der Waals surface area (Å²) in [5.74, 6) is -1.41. The number of amides is 1. The Balaban J connectivity index is 1.78. The molecule has 2 saturated heterocycles. The Hall–Kier alpha value is -1.97. The van der Waals surface area contributed by atoms with Gasteiger partial charge < -0.3 is 14.7 Å². The zero-order valence-electron chi connectivity index (χ0n) is 13.6.